The summed E-state index contributed by atoms with van der Waals surface area (Å²) in [5.41, 5.74) is 1.12. The lowest BCUT2D eigenvalue weighted by Crippen LogP contribution is -2.02. The highest BCUT2D eigenvalue weighted by atomic mass is 79.9. The number of aromatic nitrogens is 2. The number of hydrogen-bond acceptors (Lipinski definition) is 3. The van der Waals surface area contributed by atoms with Gasteiger partial charge >= 0.3 is 0 Å². The van der Waals surface area contributed by atoms with Crippen LogP contribution in [0.5, 0.6) is 0 Å². The zero-order chi connectivity index (χ0) is 13.3. The number of halogens is 2. The first kappa shape index (κ1) is 14.4. The van der Waals surface area contributed by atoms with E-state index in [2.05, 4.69) is 55.7 Å². The van der Waals surface area contributed by atoms with Gasteiger partial charge in [0.1, 0.15) is 10.5 Å². The van der Waals surface area contributed by atoms with E-state index in [1.165, 1.54) is 0 Å². The Balaban J connectivity index is 2.50. The minimum absolute atomic E-state index is 0.567. The Morgan fingerprint density at radius 3 is 2.67 bits per heavy atom. The zero-order valence-electron chi connectivity index (χ0n) is 9.96. The lowest BCUT2D eigenvalue weighted by atomic mass is 10.1. The van der Waals surface area contributed by atoms with E-state index in [4.69, 9.17) is 12.2 Å². The molecule has 2 rings (SSSR count). The standard InChI is InChI=1S/C12H12Br2N2S2/c1-6(2)5-7-10(14)12(17)16-11(15-7)8-3-4-9(13)18-8/h3-4,6H,5H2,1-2H3,(H,15,16,17). The van der Waals surface area contributed by atoms with Crippen LogP contribution in [0, 0.1) is 10.6 Å². The van der Waals surface area contributed by atoms with Crippen molar-refractivity contribution in [2.24, 2.45) is 5.92 Å². The maximum atomic E-state index is 5.30. The first-order chi connectivity index (χ1) is 8.47. The molecule has 0 amide bonds. The molecule has 96 valence electrons. The van der Waals surface area contributed by atoms with E-state index in [0.29, 0.717) is 10.6 Å². The molecule has 0 unspecified atom stereocenters. The van der Waals surface area contributed by atoms with Crippen LogP contribution < -0.4 is 0 Å². The summed E-state index contributed by atoms with van der Waals surface area (Å²) in [6.07, 6.45) is 0.951. The molecule has 0 radical (unpaired) electrons. The first-order valence-electron chi connectivity index (χ1n) is 5.51. The van der Waals surface area contributed by atoms with Gasteiger partial charge in [0.05, 0.1) is 13.1 Å². The lowest BCUT2D eigenvalue weighted by molar-refractivity contribution is 0.632. The molecule has 0 spiro atoms. The van der Waals surface area contributed by atoms with Gasteiger partial charge in [-0.3, -0.25) is 0 Å². The van der Waals surface area contributed by atoms with Gasteiger partial charge in [-0.1, -0.05) is 26.1 Å². The highest BCUT2D eigenvalue weighted by Gasteiger charge is 2.10. The topological polar surface area (TPSA) is 28.7 Å². The van der Waals surface area contributed by atoms with Gasteiger partial charge < -0.3 is 4.98 Å². The van der Waals surface area contributed by atoms with Crippen LogP contribution in [0.1, 0.15) is 19.5 Å². The van der Waals surface area contributed by atoms with Crippen LogP contribution in [0.25, 0.3) is 10.7 Å². The normalized spacial score (nSPS) is 11.2. The number of nitrogens with zero attached hydrogens (tertiary/aromatic N) is 1. The fraction of sp³-hybridized carbons (Fsp3) is 0.333. The predicted octanol–water partition coefficient (Wildman–Crippen LogP) is 5.59. The van der Waals surface area contributed by atoms with Crippen LogP contribution in [-0.4, -0.2) is 9.97 Å². The van der Waals surface area contributed by atoms with E-state index < -0.39 is 0 Å². The highest BCUT2D eigenvalue weighted by molar-refractivity contribution is 9.11. The zero-order valence-corrected chi connectivity index (χ0v) is 14.8. The van der Waals surface area contributed by atoms with Crippen molar-refractivity contribution >= 4 is 55.4 Å². The van der Waals surface area contributed by atoms with Crippen LogP contribution in [0.15, 0.2) is 20.4 Å². The summed E-state index contributed by atoms with van der Waals surface area (Å²) >= 11 is 13.9. The molecule has 2 heterocycles. The molecule has 6 heteroatoms. The minimum atomic E-state index is 0.567. The number of nitrogens with one attached hydrogen (secondary N) is 1. The third-order valence-corrected chi connectivity index (χ3v) is 5.40. The number of hydrogen-bond donors (Lipinski definition) is 1. The summed E-state index contributed by atoms with van der Waals surface area (Å²) in [5, 5.41) is 0. The molecular formula is C12H12Br2N2S2. The van der Waals surface area contributed by atoms with Gasteiger partial charge in [0, 0.05) is 5.69 Å². The molecule has 0 atom stereocenters. The quantitative estimate of drug-likeness (QED) is 0.671. The largest absolute Gasteiger partial charge is 0.341 e. The van der Waals surface area contributed by atoms with Crippen molar-refractivity contribution < 1.29 is 0 Å². The van der Waals surface area contributed by atoms with Gasteiger partial charge in [0.15, 0.2) is 0 Å². The molecule has 1 N–H and O–H groups in total. The fourth-order valence-corrected chi connectivity index (χ4v) is 3.51. The summed E-state index contributed by atoms with van der Waals surface area (Å²) < 4.78 is 2.61. The molecule has 0 fully saturated rings. The Labute approximate surface area is 132 Å². The third-order valence-electron chi connectivity index (χ3n) is 2.35. The van der Waals surface area contributed by atoms with Gasteiger partial charge in [0.25, 0.3) is 0 Å². The van der Waals surface area contributed by atoms with Crippen molar-refractivity contribution in [2.75, 3.05) is 0 Å². The maximum absolute atomic E-state index is 5.30. The molecule has 18 heavy (non-hydrogen) atoms. The highest BCUT2D eigenvalue weighted by Crippen LogP contribution is 2.30. The average Bonchev–Trinajstić information content (AvgIpc) is 2.70. The summed E-state index contributed by atoms with van der Waals surface area (Å²) in [5.74, 6) is 1.41. The number of aromatic amines is 1. The predicted molar refractivity (Wildman–Crippen MR) is 86.7 cm³/mol. The van der Waals surface area contributed by atoms with Gasteiger partial charge in [-0.25, -0.2) is 4.98 Å². The van der Waals surface area contributed by atoms with Crippen molar-refractivity contribution in [1.82, 2.24) is 9.97 Å². The number of thiophene rings is 1. The Bertz CT molecular complexity index is 617. The first-order valence-corrected chi connectivity index (χ1v) is 8.33. The van der Waals surface area contributed by atoms with Gasteiger partial charge in [0.2, 0.25) is 0 Å². The molecule has 0 aromatic carbocycles. The Hall–Kier alpha value is -0.0400. The SMILES string of the molecule is CC(C)Cc1[nH]c(-c2ccc(Br)s2)nc(=S)c1Br. The third kappa shape index (κ3) is 3.29. The van der Waals surface area contributed by atoms with E-state index in [1.54, 1.807) is 11.3 Å². The van der Waals surface area contributed by atoms with Crippen molar-refractivity contribution in [3.05, 3.63) is 30.7 Å². The summed E-state index contributed by atoms with van der Waals surface area (Å²) in [6.45, 7) is 4.37. The Kier molecular flexibility index (Phi) is 4.75. The van der Waals surface area contributed by atoms with E-state index >= 15 is 0 Å². The van der Waals surface area contributed by atoms with Crippen LogP contribution in [0.2, 0.25) is 0 Å². The van der Waals surface area contributed by atoms with Crippen molar-refractivity contribution in [2.45, 2.75) is 20.3 Å². The smallest absolute Gasteiger partial charge is 0.149 e. The van der Waals surface area contributed by atoms with Crippen LogP contribution in [0.3, 0.4) is 0 Å². The fourth-order valence-electron chi connectivity index (χ4n) is 1.61. The van der Waals surface area contributed by atoms with Crippen LogP contribution in [0.4, 0.5) is 0 Å². The summed E-state index contributed by atoms with van der Waals surface area (Å²) in [6, 6.07) is 4.05. The van der Waals surface area contributed by atoms with E-state index in [0.717, 1.165) is 31.1 Å². The molecule has 0 bridgehead atoms. The van der Waals surface area contributed by atoms with Gasteiger partial charge in [-0.05, 0) is 56.3 Å². The summed E-state index contributed by atoms with van der Waals surface area (Å²) in [7, 11) is 0. The Morgan fingerprint density at radius 2 is 2.11 bits per heavy atom. The molecule has 0 saturated carbocycles. The van der Waals surface area contributed by atoms with Crippen molar-refractivity contribution in [3.63, 3.8) is 0 Å². The molecular weight excluding hydrogens is 396 g/mol. The lowest BCUT2D eigenvalue weighted by Gasteiger charge is -2.09. The molecule has 0 aliphatic carbocycles. The molecule has 2 nitrogen and oxygen atoms in total. The minimum Gasteiger partial charge on any atom is -0.341 e. The molecule has 2 aromatic heterocycles. The van der Waals surface area contributed by atoms with Gasteiger partial charge in [-0.15, -0.1) is 11.3 Å². The second-order valence-corrected chi connectivity index (χ2v) is 8.03. The molecule has 2 aromatic rings. The second kappa shape index (κ2) is 5.94. The maximum Gasteiger partial charge on any atom is 0.149 e. The van der Waals surface area contributed by atoms with E-state index in [9.17, 15) is 0 Å². The molecule has 0 aliphatic rings. The number of H-pyrrole nitrogens is 1. The molecule has 0 saturated heterocycles. The average molecular weight is 408 g/mol. The monoisotopic (exact) mass is 406 g/mol. The molecule has 0 aliphatic heterocycles. The van der Waals surface area contributed by atoms with Crippen molar-refractivity contribution in [1.29, 1.82) is 0 Å². The van der Waals surface area contributed by atoms with E-state index in [-0.39, 0.29) is 0 Å². The van der Waals surface area contributed by atoms with Crippen LogP contribution >= 0.6 is 55.4 Å². The summed E-state index contributed by atoms with van der Waals surface area (Å²) in [4.78, 5) is 8.89. The van der Waals surface area contributed by atoms with Gasteiger partial charge in [-0.2, -0.15) is 0 Å². The number of rotatable bonds is 3. The second-order valence-electron chi connectivity index (χ2n) is 4.38. The Morgan fingerprint density at radius 1 is 1.39 bits per heavy atom. The van der Waals surface area contributed by atoms with E-state index in [1.807, 2.05) is 12.1 Å². The van der Waals surface area contributed by atoms with Crippen molar-refractivity contribution in [3.8, 4) is 10.7 Å². The van der Waals surface area contributed by atoms with Crippen LogP contribution in [-0.2, 0) is 6.42 Å².